The fraction of sp³-hybridized carbons (Fsp3) is 0.385. The molecule has 0 aliphatic rings. The van der Waals surface area contributed by atoms with Gasteiger partial charge in [0.15, 0.2) is 0 Å². The third-order valence-electron chi connectivity index (χ3n) is 2.68. The number of nitrogens with zero attached hydrogens (tertiary/aromatic N) is 1. The second-order valence-electron chi connectivity index (χ2n) is 4.36. The average Bonchev–Trinajstić information content (AvgIpc) is 2.19. The number of rotatable bonds is 4. The fourth-order valence-corrected chi connectivity index (χ4v) is 1.37. The first kappa shape index (κ1) is 14.4. The van der Waals surface area contributed by atoms with Gasteiger partial charge in [-0.05, 0) is 12.5 Å². The monoisotopic (exact) mass is 269 g/mol. The van der Waals surface area contributed by atoms with Crippen LogP contribution in [0.1, 0.15) is 18.1 Å². The average molecular weight is 270 g/mol. The van der Waals surface area contributed by atoms with Crippen molar-refractivity contribution in [2.24, 2.45) is 0 Å². The summed E-state index contributed by atoms with van der Waals surface area (Å²) in [5, 5.41) is 0. The van der Waals surface area contributed by atoms with E-state index in [4.69, 9.17) is 0 Å². The van der Waals surface area contributed by atoms with Gasteiger partial charge in [-0.25, -0.2) is 0 Å². The van der Waals surface area contributed by atoms with E-state index in [0.717, 1.165) is 17.6 Å². The molecule has 0 amide bonds. The second kappa shape index (κ2) is 6.09. The largest absolute Gasteiger partial charge is 1.00 e. The molecule has 1 nitrogen and oxygen atoms in total. The summed E-state index contributed by atoms with van der Waals surface area (Å²) in [4.78, 5) is 0. The molecule has 0 saturated heterocycles. The molecule has 0 atom stereocenters. The van der Waals surface area contributed by atoms with Crippen molar-refractivity contribution in [3.05, 3.63) is 42.0 Å². The molecule has 0 aliphatic heterocycles. The van der Waals surface area contributed by atoms with E-state index >= 15 is 0 Å². The van der Waals surface area contributed by atoms with Gasteiger partial charge in [-0.1, -0.05) is 36.9 Å². The molecule has 0 heterocycles. The minimum Gasteiger partial charge on any atom is -1.00 e. The van der Waals surface area contributed by atoms with Crippen LogP contribution in [0.25, 0.3) is 6.08 Å². The van der Waals surface area contributed by atoms with E-state index in [1.165, 1.54) is 11.1 Å². The Morgan fingerprint density at radius 2 is 1.73 bits per heavy atom. The van der Waals surface area contributed by atoms with E-state index in [1.54, 1.807) is 0 Å². The number of halogens is 1. The minimum atomic E-state index is 0. The van der Waals surface area contributed by atoms with Gasteiger partial charge in [-0.2, -0.15) is 0 Å². The SMILES string of the molecule is C=Cc1ccc(C[N+](C)(C)CC)cc1.[Br-]. The Hall–Kier alpha value is -0.600. The van der Waals surface area contributed by atoms with Gasteiger partial charge in [0.25, 0.3) is 0 Å². The Labute approximate surface area is 104 Å². The van der Waals surface area contributed by atoms with Crippen LogP contribution >= 0.6 is 0 Å². The van der Waals surface area contributed by atoms with E-state index in [2.05, 4.69) is 51.9 Å². The highest BCUT2D eigenvalue weighted by atomic mass is 79.9. The zero-order chi connectivity index (χ0) is 10.6. The maximum atomic E-state index is 3.75. The summed E-state index contributed by atoms with van der Waals surface area (Å²) in [6, 6.07) is 8.62. The third-order valence-corrected chi connectivity index (χ3v) is 2.68. The first-order chi connectivity index (χ1) is 6.57. The molecule has 0 saturated carbocycles. The predicted octanol–water partition coefficient (Wildman–Crippen LogP) is -0.0701. The molecular formula is C13H20BrN. The summed E-state index contributed by atoms with van der Waals surface area (Å²) < 4.78 is 1.04. The van der Waals surface area contributed by atoms with Crippen LogP contribution in [0, 0.1) is 0 Å². The van der Waals surface area contributed by atoms with Crippen LogP contribution in [-0.4, -0.2) is 25.1 Å². The Morgan fingerprint density at radius 3 is 2.13 bits per heavy atom. The van der Waals surface area contributed by atoms with E-state index in [1.807, 2.05) is 6.08 Å². The first-order valence-corrected chi connectivity index (χ1v) is 5.11. The topological polar surface area (TPSA) is 0 Å². The smallest absolute Gasteiger partial charge is 0.104 e. The zero-order valence-corrected chi connectivity index (χ0v) is 11.4. The van der Waals surface area contributed by atoms with Crippen LogP contribution < -0.4 is 17.0 Å². The quantitative estimate of drug-likeness (QED) is 0.672. The van der Waals surface area contributed by atoms with Crippen molar-refractivity contribution < 1.29 is 21.5 Å². The van der Waals surface area contributed by atoms with Gasteiger partial charge < -0.3 is 21.5 Å². The number of quaternary nitrogens is 1. The van der Waals surface area contributed by atoms with Gasteiger partial charge in [-0.3, -0.25) is 0 Å². The van der Waals surface area contributed by atoms with Gasteiger partial charge >= 0.3 is 0 Å². The Bertz CT molecular complexity index is 301. The second-order valence-corrected chi connectivity index (χ2v) is 4.36. The van der Waals surface area contributed by atoms with E-state index in [-0.39, 0.29) is 17.0 Å². The molecule has 0 spiro atoms. The molecule has 0 radical (unpaired) electrons. The maximum Gasteiger partial charge on any atom is 0.104 e. The number of hydrogen-bond donors (Lipinski definition) is 0. The highest BCUT2D eigenvalue weighted by Gasteiger charge is 2.11. The van der Waals surface area contributed by atoms with Crippen molar-refractivity contribution in [2.75, 3.05) is 20.6 Å². The van der Waals surface area contributed by atoms with Crippen LogP contribution in [-0.2, 0) is 6.54 Å². The Balaban J connectivity index is 0.00000196. The van der Waals surface area contributed by atoms with Crippen molar-refractivity contribution in [3.63, 3.8) is 0 Å². The molecule has 0 fully saturated rings. The summed E-state index contributed by atoms with van der Waals surface area (Å²) in [5.41, 5.74) is 2.58. The maximum absolute atomic E-state index is 3.75. The molecule has 1 rings (SSSR count). The van der Waals surface area contributed by atoms with Crippen molar-refractivity contribution in [1.29, 1.82) is 0 Å². The Kier molecular flexibility index (Phi) is 5.84. The fourth-order valence-electron chi connectivity index (χ4n) is 1.37. The third kappa shape index (κ3) is 4.63. The molecule has 0 bridgehead atoms. The standard InChI is InChI=1S/C13H20N.BrH/c1-5-12-7-9-13(10-8-12)11-14(3,4)6-2;/h5,7-10H,1,6,11H2,2-4H3;1H/q+1;/p-1. The number of benzene rings is 1. The lowest BCUT2D eigenvalue weighted by Gasteiger charge is -2.28. The first-order valence-electron chi connectivity index (χ1n) is 5.11. The summed E-state index contributed by atoms with van der Waals surface area (Å²) in [6.45, 7) is 8.21. The van der Waals surface area contributed by atoms with E-state index in [0.29, 0.717) is 0 Å². The predicted molar refractivity (Wildman–Crippen MR) is 62.9 cm³/mol. The highest BCUT2D eigenvalue weighted by molar-refractivity contribution is 5.47. The van der Waals surface area contributed by atoms with Crippen molar-refractivity contribution >= 4 is 6.08 Å². The van der Waals surface area contributed by atoms with E-state index in [9.17, 15) is 0 Å². The van der Waals surface area contributed by atoms with Crippen molar-refractivity contribution in [2.45, 2.75) is 13.5 Å². The Morgan fingerprint density at radius 1 is 1.20 bits per heavy atom. The minimum absolute atomic E-state index is 0. The molecule has 1 aromatic rings. The lowest BCUT2D eigenvalue weighted by atomic mass is 10.1. The van der Waals surface area contributed by atoms with E-state index < -0.39 is 0 Å². The lowest BCUT2D eigenvalue weighted by molar-refractivity contribution is -0.901. The van der Waals surface area contributed by atoms with Gasteiger partial charge in [0.05, 0.1) is 20.6 Å². The summed E-state index contributed by atoms with van der Waals surface area (Å²) >= 11 is 0. The summed E-state index contributed by atoms with van der Waals surface area (Å²) in [7, 11) is 4.50. The van der Waals surface area contributed by atoms with Gasteiger partial charge in [0.2, 0.25) is 0 Å². The molecule has 0 aliphatic carbocycles. The zero-order valence-electron chi connectivity index (χ0n) is 9.83. The highest BCUT2D eigenvalue weighted by Crippen LogP contribution is 2.10. The number of hydrogen-bond acceptors (Lipinski definition) is 0. The van der Waals surface area contributed by atoms with Gasteiger partial charge in [-0.15, -0.1) is 0 Å². The van der Waals surface area contributed by atoms with Crippen molar-refractivity contribution in [3.8, 4) is 0 Å². The van der Waals surface area contributed by atoms with Crippen LogP contribution in [0.4, 0.5) is 0 Å². The van der Waals surface area contributed by atoms with Crippen LogP contribution in [0.3, 0.4) is 0 Å². The molecule has 0 unspecified atom stereocenters. The van der Waals surface area contributed by atoms with Gasteiger partial charge in [0.1, 0.15) is 6.54 Å². The molecule has 0 N–H and O–H groups in total. The molecule has 2 heteroatoms. The molecule has 15 heavy (non-hydrogen) atoms. The van der Waals surface area contributed by atoms with Crippen molar-refractivity contribution in [1.82, 2.24) is 0 Å². The lowest BCUT2D eigenvalue weighted by Crippen LogP contribution is -3.00. The normalized spacial score (nSPS) is 10.6. The van der Waals surface area contributed by atoms with Gasteiger partial charge in [0, 0.05) is 5.56 Å². The van der Waals surface area contributed by atoms with Crippen LogP contribution in [0.2, 0.25) is 0 Å². The molecule has 0 aromatic heterocycles. The summed E-state index contributed by atoms with van der Waals surface area (Å²) in [6.07, 6.45) is 1.88. The van der Waals surface area contributed by atoms with Crippen LogP contribution in [0.5, 0.6) is 0 Å². The van der Waals surface area contributed by atoms with Crippen LogP contribution in [0.15, 0.2) is 30.8 Å². The molecule has 1 aromatic carbocycles. The molecule has 84 valence electrons. The summed E-state index contributed by atoms with van der Waals surface area (Å²) in [5.74, 6) is 0. The molecular weight excluding hydrogens is 250 g/mol.